The molecule has 0 fully saturated rings. The molecular formula is C22H26FN5O3S. The minimum absolute atomic E-state index is 0.183. The van der Waals surface area contributed by atoms with Gasteiger partial charge in [-0.1, -0.05) is 0 Å². The summed E-state index contributed by atoms with van der Waals surface area (Å²) in [6.45, 7) is 5.68. The van der Waals surface area contributed by atoms with Crippen molar-refractivity contribution in [2.24, 2.45) is 15.1 Å². The van der Waals surface area contributed by atoms with Gasteiger partial charge in [-0.3, -0.25) is 9.79 Å². The Kier molecular flexibility index (Phi) is 5.23. The number of carbonyl (C=O) groups excluding carboxylic acids is 1. The molecule has 0 saturated heterocycles. The van der Waals surface area contributed by atoms with Crippen LogP contribution < -0.4 is 15.8 Å². The number of nitrogens with zero attached hydrogens (tertiary/aromatic N) is 3. The van der Waals surface area contributed by atoms with Gasteiger partial charge in [0.15, 0.2) is 0 Å². The van der Waals surface area contributed by atoms with Crippen molar-refractivity contribution in [3.63, 3.8) is 0 Å². The molecule has 1 aromatic heterocycles. The number of pyridine rings is 1. The van der Waals surface area contributed by atoms with Gasteiger partial charge >= 0.3 is 0 Å². The number of aromatic nitrogens is 1. The Morgan fingerprint density at radius 3 is 2.69 bits per heavy atom. The smallest absolute Gasteiger partial charge is 0.274 e. The molecule has 3 N–H and O–H groups in total. The second-order valence-electron chi connectivity index (χ2n) is 8.59. The normalized spacial score (nSPS) is 28.3. The van der Waals surface area contributed by atoms with Crippen molar-refractivity contribution in [1.29, 1.82) is 0 Å². The highest BCUT2D eigenvalue weighted by Gasteiger charge is 2.56. The van der Waals surface area contributed by atoms with E-state index in [1.165, 1.54) is 37.6 Å². The molecule has 3 heterocycles. The van der Waals surface area contributed by atoms with Crippen molar-refractivity contribution in [2.45, 2.75) is 42.7 Å². The molecular weight excluding hydrogens is 433 g/mol. The van der Waals surface area contributed by atoms with E-state index in [0.29, 0.717) is 24.4 Å². The van der Waals surface area contributed by atoms with E-state index in [1.807, 2.05) is 0 Å². The maximum Gasteiger partial charge on any atom is 0.274 e. The number of carbonyl (C=O) groups is 1. The van der Waals surface area contributed by atoms with Crippen LogP contribution in [0.25, 0.3) is 0 Å². The average molecular weight is 460 g/mol. The minimum atomic E-state index is -2.79. The van der Waals surface area contributed by atoms with E-state index in [0.717, 1.165) is 0 Å². The summed E-state index contributed by atoms with van der Waals surface area (Å²) in [5.74, 6) is -0.260. The number of benzene rings is 1. The quantitative estimate of drug-likeness (QED) is 0.728. The Morgan fingerprint density at radius 2 is 2.03 bits per heavy atom. The number of hydrogen-bond donors (Lipinski definition) is 2. The fraction of sp³-hybridized carbons (Fsp3) is 0.409. The first kappa shape index (κ1) is 22.2. The molecule has 2 aliphatic heterocycles. The Morgan fingerprint density at radius 1 is 1.28 bits per heavy atom. The first-order valence-electron chi connectivity index (χ1n) is 10.2. The Bertz CT molecular complexity index is 1230. The number of nitrogens with one attached hydrogen (secondary N) is 1. The summed E-state index contributed by atoms with van der Waals surface area (Å²) in [7, 11) is -1.28. The lowest BCUT2D eigenvalue weighted by molar-refractivity contribution is 0.102. The first-order valence-corrected chi connectivity index (χ1v) is 11.8. The van der Waals surface area contributed by atoms with Crippen LogP contribution in [0, 0.1) is 5.82 Å². The van der Waals surface area contributed by atoms with Gasteiger partial charge in [0, 0.05) is 17.8 Å². The van der Waals surface area contributed by atoms with Crippen LogP contribution in [0.4, 0.5) is 10.1 Å². The third kappa shape index (κ3) is 3.24. The second kappa shape index (κ2) is 7.54. The van der Waals surface area contributed by atoms with Crippen molar-refractivity contribution in [3.8, 4) is 5.75 Å². The third-order valence-corrected chi connectivity index (χ3v) is 10.1. The summed E-state index contributed by atoms with van der Waals surface area (Å²) < 4.78 is 37.5. The third-order valence-electron chi connectivity index (χ3n) is 6.36. The molecule has 3 atom stereocenters. The summed E-state index contributed by atoms with van der Waals surface area (Å²) in [6, 6.07) is 7.39. The first-order chi connectivity index (χ1) is 15.0. The van der Waals surface area contributed by atoms with Gasteiger partial charge in [0.05, 0.1) is 28.3 Å². The lowest BCUT2D eigenvalue weighted by atomic mass is 9.85. The van der Waals surface area contributed by atoms with Crippen molar-refractivity contribution in [3.05, 3.63) is 53.6 Å². The number of methoxy groups -OCH3 is 1. The van der Waals surface area contributed by atoms with E-state index in [4.69, 9.17) is 10.5 Å². The topological polar surface area (TPSA) is 119 Å². The average Bonchev–Trinajstić information content (AvgIpc) is 3.18. The molecule has 10 heteroatoms. The molecule has 2 aromatic rings. The van der Waals surface area contributed by atoms with Crippen LogP contribution in [0.3, 0.4) is 0 Å². The van der Waals surface area contributed by atoms with Crippen LogP contribution in [0.15, 0.2) is 45.9 Å². The number of amidine groups is 1. The number of hydrogen-bond acceptors (Lipinski definition) is 7. The zero-order valence-corrected chi connectivity index (χ0v) is 19.2. The maximum absolute atomic E-state index is 15.1. The number of anilines is 1. The molecule has 1 amide bonds. The number of nitrogens with two attached hydrogens (primary N) is 1. The highest BCUT2D eigenvalue weighted by atomic mass is 32.2. The van der Waals surface area contributed by atoms with Crippen molar-refractivity contribution < 1.29 is 18.1 Å². The predicted octanol–water partition coefficient (Wildman–Crippen LogP) is 3.09. The SMILES string of the molecule is COc1ccc(C(=O)Nc2ccc(F)c([C@@]3(C)N=C(N)C(C)(C)S4(=O)=NCC[C@@H]34)c2)nc1. The van der Waals surface area contributed by atoms with E-state index in [2.05, 4.69) is 19.7 Å². The van der Waals surface area contributed by atoms with Gasteiger partial charge in [0.2, 0.25) is 0 Å². The summed E-state index contributed by atoms with van der Waals surface area (Å²) in [5.41, 5.74) is 5.82. The number of halogens is 1. The molecule has 0 bridgehead atoms. The molecule has 0 radical (unpaired) electrons. The zero-order valence-electron chi connectivity index (χ0n) is 18.4. The van der Waals surface area contributed by atoms with Gasteiger partial charge in [-0.25, -0.2) is 17.9 Å². The fourth-order valence-corrected chi connectivity index (χ4v) is 7.49. The molecule has 1 aromatic carbocycles. The van der Waals surface area contributed by atoms with E-state index in [1.54, 1.807) is 26.8 Å². The second-order valence-corrected chi connectivity index (χ2v) is 11.6. The minimum Gasteiger partial charge on any atom is -0.495 e. The van der Waals surface area contributed by atoms with Gasteiger partial charge in [-0.05, 0) is 57.5 Å². The fourth-order valence-electron chi connectivity index (χ4n) is 4.33. The van der Waals surface area contributed by atoms with Crippen molar-refractivity contribution >= 4 is 27.2 Å². The number of ether oxygens (including phenoxy) is 1. The van der Waals surface area contributed by atoms with Crippen LogP contribution >= 0.6 is 0 Å². The summed E-state index contributed by atoms with van der Waals surface area (Å²) >= 11 is 0. The number of amides is 1. The Labute approximate surface area is 186 Å². The monoisotopic (exact) mass is 459 g/mol. The lowest BCUT2D eigenvalue weighted by Crippen LogP contribution is -2.58. The number of fused-ring (bicyclic) bond motifs is 1. The van der Waals surface area contributed by atoms with E-state index in [9.17, 15) is 9.00 Å². The molecule has 4 rings (SSSR count). The summed E-state index contributed by atoms with van der Waals surface area (Å²) in [4.78, 5) is 21.3. The highest BCUT2D eigenvalue weighted by molar-refractivity contribution is 7.96. The molecule has 8 nitrogen and oxygen atoms in total. The molecule has 0 spiro atoms. The Hall–Kier alpha value is -3.01. The molecule has 0 saturated carbocycles. The van der Waals surface area contributed by atoms with E-state index < -0.39 is 37.0 Å². The molecule has 32 heavy (non-hydrogen) atoms. The van der Waals surface area contributed by atoms with Crippen molar-refractivity contribution in [2.75, 3.05) is 19.0 Å². The van der Waals surface area contributed by atoms with Gasteiger partial charge in [-0.15, -0.1) is 0 Å². The van der Waals surface area contributed by atoms with Gasteiger partial charge < -0.3 is 15.8 Å². The van der Waals surface area contributed by atoms with Crippen molar-refractivity contribution in [1.82, 2.24) is 4.98 Å². The van der Waals surface area contributed by atoms with Crippen LogP contribution in [0.5, 0.6) is 5.75 Å². The lowest BCUT2D eigenvalue weighted by Gasteiger charge is -2.44. The molecule has 0 aliphatic carbocycles. The summed E-state index contributed by atoms with van der Waals surface area (Å²) in [6.07, 6.45) is 1.95. The van der Waals surface area contributed by atoms with Crippen LogP contribution in [0.2, 0.25) is 0 Å². The van der Waals surface area contributed by atoms with Crippen LogP contribution in [-0.2, 0) is 15.3 Å². The summed E-state index contributed by atoms with van der Waals surface area (Å²) in [5, 5.41) is 2.23. The molecule has 1 unspecified atom stereocenters. The maximum atomic E-state index is 15.1. The number of aliphatic imine (C=N–C) groups is 1. The van der Waals surface area contributed by atoms with Gasteiger partial charge in [-0.2, -0.15) is 0 Å². The predicted molar refractivity (Wildman–Crippen MR) is 122 cm³/mol. The highest BCUT2D eigenvalue weighted by Crippen LogP contribution is 2.48. The van der Waals surface area contributed by atoms with Crippen LogP contribution in [-0.4, -0.2) is 44.6 Å². The molecule has 170 valence electrons. The van der Waals surface area contributed by atoms with Crippen LogP contribution in [0.1, 0.15) is 43.2 Å². The molecule has 2 aliphatic rings. The number of rotatable bonds is 4. The van der Waals surface area contributed by atoms with E-state index in [-0.39, 0.29) is 17.1 Å². The largest absolute Gasteiger partial charge is 0.495 e. The zero-order chi connectivity index (χ0) is 23.3. The Balaban J connectivity index is 1.73. The standard InChI is InChI=1S/C22H26FN5O3S/c1-21(2)20(24)28-22(3,18-9-10-26-32(18,21)30)15-11-13(5-7-16(15)23)27-19(29)17-8-6-14(31-4)12-25-17/h5-8,11-12,18H,9-10H2,1-4H3,(H2,24,28)(H,27,29)/t18-,22+,32?/m0/s1. The van der Waals surface area contributed by atoms with E-state index >= 15 is 4.39 Å². The van der Waals surface area contributed by atoms with Gasteiger partial charge in [0.1, 0.15) is 33.4 Å². The van der Waals surface area contributed by atoms with Gasteiger partial charge in [0.25, 0.3) is 5.91 Å².